The van der Waals surface area contributed by atoms with E-state index in [0.29, 0.717) is 33.1 Å². The molecule has 0 unspecified atom stereocenters. The van der Waals surface area contributed by atoms with Crippen molar-refractivity contribution >= 4 is 34.1 Å². The molecule has 0 bridgehead atoms. The largest absolute Gasteiger partial charge is 0.493 e. The predicted molar refractivity (Wildman–Crippen MR) is 104 cm³/mol. The molecule has 3 rings (SSSR count). The third-order valence-electron chi connectivity index (χ3n) is 4.12. The molecule has 0 spiro atoms. The molecule has 27 heavy (non-hydrogen) atoms. The van der Waals surface area contributed by atoms with Crippen molar-refractivity contribution in [2.45, 2.75) is 13.5 Å². The number of anilines is 1. The molecular formula is C19H18ClN3O4. The van der Waals surface area contributed by atoms with Crippen LogP contribution in [0.15, 0.2) is 41.5 Å². The minimum absolute atomic E-state index is 0.179. The maximum atomic E-state index is 12.7. The van der Waals surface area contributed by atoms with Gasteiger partial charge in [0.15, 0.2) is 11.5 Å². The molecule has 140 valence electrons. The highest BCUT2D eigenvalue weighted by Gasteiger charge is 2.13. The van der Waals surface area contributed by atoms with Gasteiger partial charge in [0.2, 0.25) is 5.91 Å². The van der Waals surface area contributed by atoms with Gasteiger partial charge in [-0.3, -0.25) is 14.2 Å². The number of ether oxygens (including phenoxy) is 2. The predicted octanol–water partition coefficient (Wildman–Crippen LogP) is 3.01. The Hall–Kier alpha value is -3.06. The summed E-state index contributed by atoms with van der Waals surface area (Å²) in [5.41, 5.74) is 1.58. The normalized spacial score (nSPS) is 10.7. The lowest BCUT2D eigenvalue weighted by molar-refractivity contribution is -0.116. The van der Waals surface area contributed by atoms with Crippen molar-refractivity contribution < 1.29 is 14.3 Å². The van der Waals surface area contributed by atoms with Gasteiger partial charge in [0.05, 0.1) is 31.4 Å². The lowest BCUT2D eigenvalue weighted by Crippen LogP contribution is -2.28. The van der Waals surface area contributed by atoms with Crippen LogP contribution in [0.3, 0.4) is 0 Å². The van der Waals surface area contributed by atoms with E-state index in [0.717, 1.165) is 5.56 Å². The van der Waals surface area contributed by atoms with Crippen molar-refractivity contribution in [3.63, 3.8) is 0 Å². The zero-order valence-corrected chi connectivity index (χ0v) is 15.8. The van der Waals surface area contributed by atoms with Gasteiger partial charge >= 0.3 is 0 Å². The number of rotatable bonds is 5. The first kappa shape index (κ1) is 18.7. The first-order valence-electron chi connectivity index (χ1n) is 8.10. The highest BCUT2D eigenvalue weighted by Crippen LogP contribution is 2.29. The van der Waals surface area contributed by atoms with Gasteiger partial charge in [-0.15, -0.1) is 0 Å². The van der Waals surface area contributed by atoms with Gasteiger partial charge in [-0.25, -0.2) is 4.98 Å². The van der Waals surface area contributed by atoms with Crippen molar-refractivity contribution in [1.29, 1.82) is 0 Å². The fourth-order valence-corrected chi connectivity index (χ4v) is 2.84. The summed E-state index contributed by atoms with van der Waals surface area (Å²) in [6.07, 6.45) is 1.33. The number of amides is 1. The first-order valence-corrected chi connectivity index (χ1v) is 8.48. The zero-order chi connectivity index (χ0) is 19.6. The molecule has 2 aromatic carbocycles. The maximum Gasteiger partial charge on any atom is 0.261 e. The van der Waals surface area contributed by atoms with Gasteiger partial charge in [0, 0.05) is 16.8 Å². The lowest BCUT2D eigenvalue weighted by Gasteiger charge is -2.12. The van der Waals surface area contributed by atoms with Gasteiger partial charge in [-0.05, 0) is 30.7 Å². The summed E-state index contributed by atoms with van der Waals surface area (Å²) < 4.78 is 11.7. The summed E-state index contributed by atoms with van der Waals surface area (Å²) in [5.74, 6) is 0.536. The molecule has 7 nitrogen and oxygen atoms in total. The molecule has 3 aromatic rings. The van der Waals surface area contributed by atoms with Crippen LogP contribution in [-0.2, 0) is 11.3 Å². The van der Waals surface area contributed by atoms with E-state index in [1.165, 1.54) is 25.1 Å². The first-order chi connectivity index (χ1) is 12.9. The average molecular weight is 388 g/mol. The molecule has 0 aliphatic carbocycles. The van der Waals surface area contributed by atoms with Gasteiger partial charge < -0.3 is 14.8 Å². The lowest BCUT2D eigenvalue weighted by atomic mass is 10.2. The second kappa shape index (κ2) is 7.67. The molecule has 0 aliphatic heterocycles. The Bertz CT molecular complexity index is 1080. The topological polar surface area (TPSA) is 82.5 Å². The second-order valence-corrected chi connectivity index (χ2v) is 6.35. The summed E-state index contributed by atoms with van der Waals surface area (Å²) in [6, 6.07) is 8.38. The number of aryl methyl sites for hydroxylation is 1. The number of aromatic nitrogens is 2. The highest BCUT2D eigenvalue weighted by molar-refractivity contribution is 6.31. The van der Waals surface area contributed by atoms with E-state index >= 15 is 0 Å². The summed E-state index contributed by atoms with van der Waals surface area (Å²) in [7, 11) is 2.99. The number of nitrogens with zero attached hydrogens (tertiary/aromatic N) is 2. The van der Waals surface area contributed by atoms with Crippen LogP contribution in [0.2, 0.25) is 5.02 Å². The Morgan fingerprint density at radius 2 is 1.89 bits per heavy atom. The van der Waals surface area contributed by atoms with Gasteiger partial charge in [0.25, 0.3) is 5.56 Å². The summed E-state index contributed by atoms with van der Waals surface area (Å²) in [6.45, 7) is 1.68. The molecule has 0 radical (unpaired) electrons. The van der Waals surface area contributed by atoms with E-state index in [-0.39, 0.29) is 18.0 Å². The van der Waals surface area contributed by atoms with E-state index in [4.69, 9.17) is 21.1 Å². The summed E-state index contributed by atoms with van der Waals surface area (Å²) >= 11 is 5.97. The minimum atomic E-state index is -0.357. The maximum absolute atomic E-state index is 12.7. The molecule has 0 atom stereocenters. The summed E-state index contributed by atoms with van der Waals surface area (Å²) in [4.78, 5) is 29.3. The molecule has 1 amide bonds. The van der Waals surface area contributed by atoms with Crippen molar-refractivity contribution in [1.82, 2.24) is 9.55 Å². The summed E-state index contributed by atoms with van der Waals surface area (Å²) in [5, 5.41) is 3.61. The molecular weight excluding hydrogens is 370 g/mol. The Morgan fingerprint density at radius 3 is 2.59 bits per heavy atom. The fourth-order valence-electron chi connectivity index (χ4n) is 2.67. The number of methoxy groups -OCH3 is 2. The Balaban J connectivity index is 1.90. The van der Waals surface area contributed by atoms with E-state index in [9.17, 15) is 9.59 Å². The Morgan fingerprint density at radius 1 is 1.19 bits per heavy atom. The van der Waals surface area contributed by atoms with Crippen LogP contribution in [0, 0.1) is 6.92 Å². The Kier molecular flexibility index (Phi) is 5.32. The van der Waals surface area contributed by atoms with Crippen LogP contribution in [0.4, 0.5) is 5.69 Å². The SMILES string of the molecule is COc1cc2ncn(CC(=O)Nc3cc(Cl)ccc3C)c(=O)c2cc1OC. The number of hydrogen-bond acceptors (Lipinski definition) is 5. The van der Waals surface area contributed by atoms with Crippen molar-refractivity contribution in [3.05, 3.63) is 57.6 Å². The molecule has 1 heterocycles. The van der Waals surface area contributed by atoms with E-state index in [1.807, 2.05) is 6.92 Å². The van der Waals surface area contributed by atoms with Crippen LogP contribution in [0.1, 0.15) is 5.56 Å². The molecule has 0 saturated heterocycles. The standard InChI is InChI=1S/C19H18ClN3O4/c1-11-4-5-12(20)6-14(11)22-18(24)9-23-10-21-15-8-17(27-3)16(26-2)7-13(15)19(23)25/h4-8,10H,9H2,1-3H3,(H,22,24). The van der Waals surface area contributed by atoms with Gasteiger partial charge in [0.1, 0.15) is 6.54 Å². The van der Waals surface area contributed by atoms with Gasteiger partial charge in [-0.1, -0.05) is 17.7 Å². The number of nitrogens with one attached hydrogen (secondary N) is 1. The zero-order valence-electron chi connectivity index (χ0n) is 15.1. The molecule has 1 aromatic heterocycles. The van der Waals surface area contributed by atoms with Crippen LogP contribution in [0.25, 0.3) is 10.9 Å². The van der Waals surface area contributed by atoms with Gasteiger partial charge in [-0.2, -0.15) is 0 Å². The van der Waals surface area contributed by atoms with E-state index in [1.54, 1.807) is 30.3 Å². The van der Waals surface area contributed by atoms with Crippen LogP contribution < -0.4 is 20.3 Å². The number of fused-ring (bicyclic) bond motifs is 1. The van der Waals surface area contributed by atoms with Crippen molar-refractivity contribution in [2.75, 3.05) is 19.5 Å². The average Bonchev–Trinajstić information content (AvgIpc) is 2.66. The fraction of sp³-hybridized carbons (Fsp3) is 0.211. The van der Waals surface area contributed by atoms with E-state index in [2.05, 4.69) is 10.3 Å². The Labute approximate surface area is 160 Å². The quantitative estimate of drug-likeness (QED) is 0.727. The second-order valence-electron chi connectivity index (χ2n) is 5.91. The van der Waals surface area contributed by atoms with Crippen molar-refractivity contribution in [2.24, 2.45) is 0 Å². The highest BCUT2D eigenvalue weighted by atomic mass is 35.5. The monoisotopic (exact) mass is 387 g/mol. The van der Waals surface area contributed by atoms with Crippen LogP contribution in [0.5, 0.6) is 11.5 Å². The number of hydrogen-bond donors (Lipinski definition) is 1. The van der Waals surface area contributed by atoms with E-state index < -0.39 is 0 Å². The number of carbonyl (C=O) groups is 1. The van der Waals surface area contributed by atoms with Crippen LogP contribution in [-0.4, -0.2) is 29.7 Å². The van der Waals surface area contributed by atoms with Crippen molar-refractivity contribution in [3.8, 4) is 11.5 Å². The molecule has 0 fully saturated rings. The number of halogens is 1. The third kappa shape index (κ3) is 3.88. The van der Waals surface area contributed by atoms with Crippen LogP contribution >= 0.6 is 11.6 Å². The number of carbonyl (C=O) groups excluding carboxylic acids is 1. The third-order valence-corrected chi connectivity index (χ3v) is 4.35. The molecule has 0 saturated carbocycles. The minimum Gasteiger partial charge on any atom is -0.493 e. The number of benzene rings is 2. The molecule has 1 N–H and O–H groups in total. The smallest absolute Gasteiger partial charge is 0.261 e. The molecule has 8 heteroatoms. The molecule has 0 aliphatic rings.